The zero-order chi connectivity index (χ0) is 12.2. The Morgan fingerprint density at radius 3 is 2.12 bits per heavy atom. The molecule has 0 spiro atoms. The Hall–Kier alpha value is -0.370. The SMILES string of the molecule is CCCCCCCCCC(CC(C)=O)OC. The fourth-order valence-electron chi connectivity index (χ4n) is 1.95. The second kappa shape index (κ2) is 11.1. The molecule has 2 nitrogen and oxygen atoms in total. The monoisotopic (exact) mass is 228 g/mol. The van der Waals surface area contributed by atoms with Crippen LogP contribution in [0.15, 0.2) is 0 Å². The Labute approximate surface area is 101 Å². The van der Waals surface area contributed by atoms with Gasteiger partial charge in [-0.25, -0.2) is 0 Å². The molecule has 0 aliphatic heterocycles. The van der Waals surface area contributed by atoms with Crippen molar-refractivity contribution in [2.75, 3.05) is 7.11 Å². The van der Waals surface area contributed by atoms with Crippen LogP contribution in [0.4, 0.5) is 0 Å². The van der Waals surface area contributed by atoms with E-state index < -0.39 is 0 Å². The fraction of sp³-hybridized carbons (Fsp3) is 0.929. The lowest BCUT2D eigenvalue weighted by Gasteiger charge is -2.13. The van der Waals surface area contributed by atoms with Gasteiger partial charge in [-0.15, -0.1) is 0 Å². The minimum absolute atomic E-state index is 0.146. The molecule has 0 aliphatic rings. The smallest absolute Gasteiger partial charge is 0.132 e. The van der Waals surface area contributed by atoms with Gasteiger partial charge in [0.1, 0.15) is 5.78 Å². The number of hydrogen-bond acceptors (Lipinski definition) is 2. The molecule has 0 N–H and O–H groups in total. The van der Waals surface area contributed by atoms with E-state index in [-0.39, 0.29) is 11.9 Å². The molecule has 0 aromatic carbocycles. The number of hydrogen-bond donors (Lipinski definition) is 0. The Morgan fingerprint density at radius 1 is 1.06 bits per heavy atom. The maximum atomic E-state index is 10.9. The second-order valence-electron chi connectivity index (χ2n) is 4.67. The van der Waals surface area contributed by atoms with Gasteiger partial charge in [0.2, 0.25) is 0 Å². The fourth-order valence-corrected chi connectivity index (χ4v) is 1.95. The van der Waals surface area contributed by atoms with E-state index in [9.17, 15) is 4.79 Å². The van der Waals surface area contributed by atoms with Crippen molar-refractivity contribution >= 4 is 5.78 Å². The summed E-state index contributed by atoms with van der Waals surface area (Å²) in [6.45, 7) is 3.88. The summed E-state index contributed by atoms with van der Waals surface area (Å²) in [5.41, 5.74) is 0. The van der Waals surface area contributed by atoms with Gasteiger partial charge in [0, 0.05) is 13.5 Å². The summed E-state index contributed by atoms with van der Waals surface area (Å²) in [5.74, 6) is 0.231. The topological polar surface area (TPSA) is 26.3 Å². The molecular weight excluding hydrogens is 200 g/mol. The van der Waals surface area contributed by atoms with Crippen molar-refractivity contribution in [1.82, 2.24) is 0 Å². The third-order valence-electron chi connectivity index (χ3n) is 2.98. The number of methoxy groups -OCH3 is 1. The minimum atomic E-state index is 0.146. The van der Waals surface area contributed by atoms with Gasteiger partial charge >= 0.3 is 0 Å². The lowest BCUT2D eigenvalue weighted by Crippen LogP contribution is -2.14. The van der Waals surface area contributed by atoms with Gasteiger partial charge in [0.25, 0.3) is 0 Å². The predicted molar refractivity (Wildman–Crippen MR) is 68.7 cm³/mol. The molecule has 16 heavy (non-hydrogen) atoms. The molecule has 1 atom stereocenters. The first-order valence-electron chi connectivity index (χ1n) is 6.73. The van der Waals surface area contributed by atoms with Gasteiger partial charge < -0.3 is 4.74 Å². The summed E-state index contributed by atoms with van der Waals surface area (Å²) in [6, 6.07) is 0. The summed E-state index contributed by atoms with van der Waals surface area (Å²) in [5, 5.41) is 0. The van der Waals surface area contributed by atoms with Crippen molar-refractivity contribution in [3.63, 3.8) is 0 Å². The Bertz CT molecular complexity index is 166. The summed E-state index contributed by atoms with van der Waals surface area (Å²) >= 11 is 0. The third kappa shape index (κ3) is 10.2. The Kier molecular flexibility index (Phi) is 10.9. The number of carbonyl (C=O) groups excluding carboxylic acids is 1. The molecule has 0 fully saturated rings. The molecule has 0 saturated heterocycles. The maximum Gasteiger partial charge on any atom is 0.132 e. The van der Waals surface area contributed by atoms with Gasteiger partial charge in [0.05, 0.1) is 6.10 Å². The summed E-state index contributed by atoms with van der Waals surface area (Å²) in [7, 11) is 1.70. The zero-order valence-corrected chi connectivity index (χ0v) is 11.3. The highest BCUT2D eigenvalue weighted by Crippen LogP contribution is 2.12. The molecule has 0 bridgehead atoms. The first-order chi connectivity index (χ1) is 7.70. The highest BCUT2D eigenvalue weighted by atomic mass is 16.5. The van der Waals surface area contributed by atoms with Gasteiger partial charge in [0.15, 0.2) is 0 Å². The molecular formula is C14H28O2. The summed E-state index contributed by atoms with van der Waals surface area (Å²) in [6.07, 6.45) is 11.0. The first kappa shape index (κ1) is 15.6. The van der Waals surface area contributed by atoms with Crippen LogP contribution in [0.25, 0.3) is 0 Å². The second-order valence-corrected chi connectivity index (χ2v) is 4.67. The molecule has 1 unspecified atom stereocenters. The van der Waals surface area contributed by atoms with Crippen LogP contribution in [0.2, 0.25) is 0 Å². The van der Waals surface area contributed by atoms with Gasteiger partial charge in [-0.2, -0.15) is 0 Å². The first-order valence-corrected chi connectivity index (χ1v) is 6.73. The van der Waals surface area contributed by atoms with Crippen LogP contribution in [0.1, 0.15) is 71.6 Å². The molecule has 2 heteroatoms. The van der Waals surface area contributed by atoms with Crippen LogP contribution < -0.4 is 0 Å². The standard InChI is InChI=1S/C14H28O2/c1-4-5-6-7-8-9-10-11-14(16-3)12-13(2)15/h14H,4-12H2,1-3H3. The average Bonchev–Trinajstić information content (AvgIpc) is 2.25. The third-order valence-corrected chi connectivity index (χ3v) is 2.98. The van der Waals surface area contributed by atoms with Crippen LogP contribution in [-0.4, -0.2) is 19.0 Å². The maximum absolute atomic E-state index is 10.9. The number of Topliss-reactive ketones (excluding diaryl/α,β-unsaturated/α-hetero) is 1. The van der Waals surface area contributed by atoms with E-state index in [1.165, 1.54) is 44.9 Å². The lowest BCUT2D eigenvalue weighted by atomic mass is 10.0. The molecule has 0 radical (unpaired) electrons. The zero-order valence-electron chi connectivity index (χ0n) is 11.3. The van der Waals surface area contributed by atoms with Gasteiger partial charge in [-0.1, -0.05) is 51.9 Å². The number of rotatable bonds is 11. The highest BCUT2D eigenvalue weighted by molar-refractivity contribution is 5.75. The Morgan fingerprint density at radius 2 is 1.62 bits per heavy atom. The highest BCUT2D eigenvalue weighted by Gasteiger charge is 2.09. The minimum Gasteiger partial charge on any atom is -0.381 e. The van der Waals surface area contributed by atoms with Gasteiger partial charge in [-0.3, -0.25) is 4.79 Å². The van der Waals surface area contributed by atoms with E-state index in [2.05, 4.69) is 6.92 Å². The van der Waals surface area contributed by atoms with Crippen molar-refractivity contribution in [2.45, 2.75) is 77.7 Å². The number of ether oxygens (including phenoxy) is 1. The van der Waals surface area contributed by atoms with E-state index in [4.69, 9.17) is 4.74 Å². The van der Waals surface area contributed by atoms with Crippen molar-refractivity contribution < 1.29 is 9.53 Å². The molecule has 0 amide bonds. The van der Waals surface area contributed by atoms with Crippen molar-refractivity contribution in [2.24, 2.45) is 0 Å². The van der Waals surface area contributed by atoms with E-state index >= 15 is 0 Å². The molecule has 0 aliphatic carbocycles. The van der Waals surface area contributed by atoms with Crippen LogP contribution in [0.5, 0.6) is 0 Å². The number of unbranched alkanes of at least 4 members (excludes halogenated alkanes) is 6. The largest absolute Gasteiger partial charge is 0.381 e. The molecule has 0 rings (SSSR count). The molecule has 0 aromatic heterocycles. The van der Waals surface area contributed by atoms with Crippen LogP contribution in [-0.2, 0) is 9.53 Å². The van der Waals surface area contributed by atoms with Crippen LogP contribution in [0, 0.1) is 0 Å². The number of ketones is 1. The quantitative estimate of drug-likeness (QED) is 0.497. The van der Waals surface area contributed by atoms with E-state index in [1.807, 2.05) is 0 Å². The molecule has 0 heterocycles. The normalized spacial score (nSPS) is 12.7. The van der Waals surface area contributed by atoms with E-state index in [1.54, 1.807) is 14.0 Å². The van der Waals surface area contributed by atoms with Crippen LogP contribution in [0.3, 0.4) is 0 Å². The summed E-state index contributed by atoms with van der Waals surface area (Å²) < 4.78 is 5.29. The predicted octanol–water partition coefficient (Wildman–Crippen LogP) is 4.12. The summed E-state index contributed by atoms with van der Waals surface area (Å²) in [4.78, 5) is 10.9. The number of carbonyl (C=O) groups is 1. The molecule has 96 valence electrons. The van der Waals surface area contributed by atoms with E-state index in [0.29, 0.717) is 6.42 Å². The average molecular weight is 228 g/mol. The lowest BCUT2D eigenvalue weighted by molar-refractivity contribution is -0.119. The van der Waals surface area contributed by atoms with Gasteiger partial charge in [-0.05, 0) is 13.3 Å². The molecule has 0 saturated carbocycles. The Balaban J connectivity index is 3.31. The van der Waals surface area contributed by atoms with Crippen LogP contribution >= 0.6 is 0 Å². The van der Waals surface area contributed by atoms with E-state index in [0.717, 1.165) is 6.42 Å². The molecule has 0 aromatic rings. The van der Waals surface area contributed by atoms with Crippen molar-refractivity contribution in [3.8, 4) is 0 Å². The van der Waals surface area contributed by atoms with Crippen molar-refractivity contribution in [3.05, 3.63) is 0 Å². The van der Waals surface area contributed by atoms with Crippen molar-refractivity contribution in [1.29, 1.82) is 0 Å².